The van der Waals surface area contributed by atoms with Crippen LogP contribution in [0.1, 0.15) is 16.1 Å². The number of hydrogen-bond donors (Lipinski definition) is 3. The lowest BCUT2D eigenvalue weighted by atomic mass is 10.2. The molecule has 0 spiro atoms. The van der Waals surface area contributed by atoms with Gasteiger partial charge in [-0.15, -0.1) is 0 Å². The largest absolute Gasteiger partial charge is 0.489 e. The van der Waals surface area contributed by atoms with E-state index in [1.165, 1.54) is 6.26 Å². The Balaban J connectivity index is 1.27. The van der Waals surface area contributed by atoms with Gasteiger partial charge in [0, 0.05) is 23.1 Å². The van der Waals surface area contributed by atoms with E-state index in [1.807, 2.05) is 54.6 Å². The smallest absolute Gasteiger partial charge is 0.291 e. The van der Waals surface area contributed by atoms with Gasteiger partial charge in [0.05, 0.1) is 12.8 Å². The number of hydrogen-bond acceptors (Lipinski definition) is 5. The fourth-order valence-electron chi connectivity index (χ4n) is 3.10. The van der Waals surface area contributed by atoms with Crippen molar-refractivity contribution < 1.29 is 18.7 Å². The molecule has 0 unspecified atom stereocenters. The zero-order chi connectivity index (χ0) is 22.9. The summed E-state index contributed by atoms with van der Waals surface area (Å²) in [5, 5.41) is 8.64. The SMILES string of the molecule is O=C(CNc1cccc(OCc2ccccc2)c1)Nc1cccc(NC(=O)c2ccco2)c1. The highest BCUT2D eigenvalue weighted by atomic mass is 16.5. The van der Waals surface area contributed by atoms with Crippen molar-refractivity contribution in [3.8, 4) is 5.75 Å². The number of furan rings is 1. The summed E-state index contributed by atoms with van der Waals surface area (Å²) < 4.78 is 10.9. The number of ether oxygens (including phenoxy) is 1. The molecule has 0 aliphatic rings. The van der Waals surface area contributed by atoms with Crippen molar-refractivity contribution in [3.05, 3.63) is 109 Å². The fraction of sp³-hybridized carbons (Fsp3) is 0.0769. The molecule has 0 aliphatic heterocycles. The molecule has 0 saturated heterocycles. The zero-order valence-electron chi connectivity index (χ0n) is 17.8. The van der Waals surface area contributed by atoms with Crippen molar-refractivity contribution in [1.82, 2.24) is 0 Å². The molecule has 0 saturated carbocycles. The van der Waals surface area contributed by atoms with E-state index in [2.05, 4.69) is 16.0 Å². The maximum absolute atomic E-state index is 12.4. The highest BCUT2D eigenvalue weighted by Gasteiger charge is 2.09. The molecule has 1 heterocycles. The average Bonchev–Trinajstić information content (AvgIpc) is 3.38. The number of rotatable bonds is 9. The topological polar surface area (TPSA) is 92.6 Å². The van der Waals surface area contributed by atoms with Gasteiger partial charge < -0.3 is 25.1 Å². The van der Waals surface area contributed by atoms with E-state index in [4.69, 9.17) is 9.15 Å². The predicted molar refractivity (Wildman–Crippen MR) is 127 cm³/mol. The molecule has 7 heteroatoms. The second-order valence-electron chi connectivity index (χ2n) is 7.22. The van der Waals surface area contributed by atoms with Gasteiger partial charge >= 0.3 is 0 Å². The molecule has 0 atom stereocenters. The van der Waals surface area contributed by atoms with Crippen LogP contribution in [0.4, 0.5) is 17.1 Å². The van der Waals surface area contributed by atoms with Gasteiger partial charge in [0.15, 0.2) is 5.76 Å². The van der Waals surface area contributed by atoms with Crippen molar-refractivity contribution in [3.63, 3.8) is 0 Å². The van der Waals surface area contributed by atoms with Gasteiger partial charge in [0.2, 0.25) is 5.91 Å². The van der Waals surface area contributed by atoms with E-state index < -0.39 is 0 Å². The predicted octanol–water partition coefficient (Wildman–Crippen LogP) is 5.16. The third-order valence-corrected chi connectivity index (χ3v) is 4.68. The normalized spacial score (nSPS) is 10.3. The summed E-state index contributed by atoms with van der Waals surface area (Å²) >= 11 is 0. The number of carbonyl (C=O) groups excluding carboxylic acids is 2. The summed E-state index contributed by atoms with van der Waals surface area (Å²) in [7, 11) is 0. The molecule has 0 fully saturated rings. The summed E-state index contributed by atoms with van der Waals surface area (Å²) in [5.74, 6) is 0.340. The summed E-state index contributed by atoms with van der Waals surface area (Å²) in [6, 6.07) is 27.5. The summed E-state index contributed by atoms with van der Waals surface area (Å²) in [6.45, 7) is 0.544. The van der Waals surface area contributed by atoms with Crippen LogP contribution in [0, 0.1) is 0 Å². The molecule has 1 aromatic heterocycles. The Bertz CT molecular complexity index is 1210. The van der Waals surface area contributed by atoms with Crippen LogP contribution in [0.15, 0.2) is 102 Å². The number of amides is 2. The number of anilines is 3. The molecule has 33 heavy (non-hydrogen) atoms. The molecule has 2 amide bonds. The van der Waals surface area contributed by atoms with Crippen LogP contribution in [0.3, 0.4) is 0 Å². The molecule has 3 N–H and O–H groups in total. The van der Waals surface area contributed by atoms with Crippen LogP contribution < -0.4 is 20.7 Å². The van der Waals surface area contributed by atoms with E-state index in [1.54, 1.807) is 36.4 Å². The Kier molecular flexibility index (Phi) is 7.02. The van der Waals surface area contributed by atoms with Crippen molar-refractivity contribution in [1.29, 1.82) is 0 Å². The summed E-state index contributed by atoms with van der Waals surface area (Å²) in [5.41, 5.74) is 2.97. The van der Waals surface area contributed by atoms with Crippen LogP contribution in [0.5, 0.6) is 5.75 Å². The van der Waals surface area contributed by atoms with Crippen LogP contribution in [-0.4, -0.2) is 18.4 Å². The van der Waals surface area contributed by atoms with Gasteiger partial charge in [-0.1, -0.05) is 42.5 Å². The van der Waals surface area contributed by atoms with Crippen LogP contribution in [0.25, 0.3) is 0 Å². The van der Waals surface area contributed by atoms with Crippen LogP contribution in [0.2, 0.25) is 0 Å². The Morgan fingerprint density at radius 3 is 2.30 bits per heavy atom. The molecule has 4 rings (SSSR count). The van der Waals surface area contributed by atoms with Crippen LogP contribution >= 0.6 is 0 Å². The van der Waals surface area contributed by atoms with Gasteiger partial charge in [0.25, 0.3) is 5.91 Å². The number of benzene rings is 3. The van der Waals surface area contributed by atoms with Crippen molar-refractivity contribution in [2.75, 3.05) is 22.5 Å². The highest BCUT2D eigenvalue weighted by Crippen LogP contribution is 2.19. The van der Waals surface area contributed by atoms with Crippen LogP contribution in [-0.2, 0) is 11.4 Å². The summed E-state index contributed by atoms with van der Waals surface area (Å²) in [6.07, 6.45) is 1.43. The molecule has 4 aromatic rings. The van der Waals surface area contributed by atoms with Crippen molar-refractivity contribution in [2.45, 2.75) is 6.61 Å². The first kappa shape index (κ1) is 21.7. The van der Waals surface area contributed by atoms with Gasteiger partial charge in [0.1, 0.15) is 12.4 Å². The molecule has 0 aliphatic carbocycles. The molecule has 0 radical (unpaired) electrons. The van der Waals surface area contributed by atoms with Gasteiger partial charge in [-0.25, -0.2) is 0 Å². The Morgan fingerprint density at radius 1 is 0.758 bits per heavy atom. The molecular formula is C26H23N3O4. The van der Waals surface area contributed by atoms with E-state index in [-0.39, 0.29) is 24.1 Å². The lowest BCUT2D eigenvalue weighted by molar-refractivity contribution is -0.114. The molecule has 0 bridgehead atoms. The highest BCUT2D eigenvalue weighted by molar-refractivity contribution is 6.02. The fourth-order valence-corrected chi connectivity index (χ4v) is 3.10. The first-order chi connectivity index (χ1) is 16.2. The maximum Gasteiger partial charge on any atom is 0.291 e. The third-order valence-electron chi connectivity index (χ3n) is 4.68. The Morgan fingerprint density at radius 2 is 1.52 bits per heavy atom. The number of carbonyl (C=O) groups is 2. The Labute approximate surface area is 191 Å². The van der Waals surface area contributed by atoms with E-state index in [0.29, 0.717) is 23.7 Å². The average molecular weight is 441 g/mol. The van der Waals surface area contributed by atoms with Crippen molar-refractivity contribution >= 4 is 28.9 Å². The quantitative estimate of drug-likeness (QED) is 0.334. The zero-order valence-corrected chi connectivity index (χ0v) is 17.8. The minimum absolute atomic E-state index is 0.0745. The molecule has 3 aromatic carbocycles. The van der Waals surface area contributed by atoms with Gasteiger partial charge in [-0.3, -0.25) is 9.59 Å². The minimum Gasteiger partial charge on any atom is -0.489 e. The third kappa shape index (κ3) is 6.48. The standard InChI is InChI=1S/C26H23N3O4/c30-25(28-21-10-4-11-22(15-21)29-26(31)24-13-6-14-32-24)17-27-20-9-5-12-23(16-20)33-18-19-7-2-1-3-8-19/h1-16,27H,17-18H2,(H,28,30)(H,29,31). The van der Waals surface area contributed by atoms with E-state index in [9.17, 15) is 9.59 Å². The molecule has 7 nitrogen and oxygen atoms in total. The molecular weight excluding hydrogens is 418 g/mol. The molecule has 166 valence electrons. The van der Waals surface area contributed by atoms with E-state index in [0.717, 1.165) is 11.3 Å². The van der Waals surface area contributed by atoms with E-state index >= 15 is 0 Å². The monoisotopic (exact) mass is 441 g/mol. The summed E-state index contributed by atoms with van der Waals surface area (Å²) in [4.78, 5) is 24.5. The van der Waals surface area contributed by atoms with Crippen molar-refractivity contribution in [2.24, 2.45) is 0 Å². The second-order valence-corrected chi connectivity index (χ2v) is 7.22. The first-order valence-electron chi connectivity index (χ1n) is 10.4. The number of nitrogens with one attached hydrogen (secondary N) is 3. The first-order valence-corrected chi connectivity index (χ1v) is 10.4. The Hall–Kier alpha value is -4.52. The lowest BCUT2D eigenvalue weighted by Crippen LogP contribution is -2.21. The minimum atomic E-state index is -0.362. The second kappa shape index (κ2) is 10.7. The maximum atomic E-state index is 12.4. The van der Waals surface area contributed by atoms with Gasteiger partial charge in [-0.05, 0) is 48.0 Å². The lowest BCUT2D eigenvalue weighted by Gasteiger charge is -2.11. The van der Waals surface area contributed by atoms with Gasteiger partial charge in [-0.2, -0.15) is 0 Å².